The average molecular weight is 313 g/mol. The Labute approximate surface area is 125 Å². The van der Waals surface area contributed by atoms with Crippen LogP contribution in [0.15, 0.2) is 30.3 Å². The summed E-state index contributed by atoms with van der Waals surface area (Å²) in [4.78, 5) is 12.4. The van der Waals surface area contributed by atoms with E-state index < -0.39 is 5.97 Å². The summed E-state index contributed by atoms with van der Waals surface area (Å²) in [7, 11) is 0. The van der Waals surface area contributed by atoms with Gasteiger partial charge in [-0.2, -0.15) is 11.8 Å². The molecule has 0 bridgehead atoms. The number of aryl methyl sites for hydroxylation is 1. The number of thioether (sulfide) groups is 1. The number of thiophene rings is 1. The van der Waals surface area contributed by atoms with Gasteiger partial charge in [-0.1, -0.05) is 23.7 Å². The van der Waals surface area contributed by atoms with Gasteiger partial charge in [0.15, 0.2) is 0 Å². The predicted molar refractivity (Wildman–Crippen MR) is 82.5 cm³/mol. The van der Waals surface area contributed by atoms with Crippen LogP contribution in [0.4, 0.5) is 0 Å². The zero-order valence-corrected chi connectivity index (χ0v) is 12.7. The molecule has 100 valence electrons. The van der Waals surface area contributed by atoms with E-state index >= 15 is 0 Å². The fourth-order valence-corrected chi connectivity index (χ4v) is 3.78. The molecule has 0 atom stereocenters. The molecule has 0 fully saturated rings. The van der Waals surface area contributed by atoms with Crippen molar-refractivity contribution in [2.24, 2.45) is 0 Å². The summed E-state index contributed by atoms with van der Waals surface area (Å²) in [6, 6.07) is 9.57. The molecule has 0 aliphatic heterocycles. The third kappa shape index (κ3) is 4.00. The molecule has 19 heavy (non-hydrogen) atoms. The van der Waals surface area contributed by atoms with Gasteiger partial charge >= 0.3 is 5.97 Å². The zero-order chi connectivity index (χ0) is 13.8. The maximum Gasteiger partial charge on any atom is 0.345 e. The normalized spacial score (nSPS) is 10.6. The molecule has 0 aliphatic carbocycles. The average Bonchev–Trinajstić information content (AvgIpc) is 2.74. The van der Waals surface area contributed by atoms with Crippen LogP contribution in [-0.2, 0) is 11.5 Å². The minimum absolute atomic E-state index is 0.416. The van der Waals surface area contributed by atoms with Crippen molar-refractivity contribution in [3.63, 3.8) is 0 Å². The van der Waals surface area contributed by atoms with Crippen molar-refractivity contribution < 1.29 is 9.90 Å². The molecule has 0 saturated heterocycles. The number of aromatic carboxylic acids is 1. The van der Waals surface area contributed by atoms with E-state index in [-0.39, 0.29) is 0 Å². The van der Waals surface area contributed by atoms with Crippen LogP contribution in [0.2, 0.25) is 5.02 Å². The highest BCUT2D eigenvalue weighted by Gasteiger charge is 2.10. The largest absolute Gasteiger partial charge is 0.477 e. The van der Waals surface area contributed by atoms with Gasteiger partial charge in [-0.15, -0.1) is 11.3 Å². The first-order valence-corrected chi connectivity index (χ1v) is 8.06. The van der Waals surface area contributed by atoms with Gasteiger partial charge in [-0.05, 0) is 36.2 Å². The molecule has 5 heteroatoms. The number of halogens is 1. The molecule has 1 heterocycles. The van der Waals surface area contributed by atoms with Crippen molar-refractivity contribution in [2.75, 3.05) is 0 Å². The highest BCUT2D eigenvalue weighted by atomic mass is 35.5. The fraction of sp³-hybridized carbons (Fsp3) is 0.214. The Morgan fingerprint density at radius 1 is 1.32 bits per heavy atom. The topological polar surface area (TPSA) is 37.3 Å². The third-order valence-corrected chi connectivity index (χ3v) is 5.06. The molecule has 2 aromatic rings. The lowest BCUT2D eigenvalue weighted by molar-refractivity contribution is 0.0702. The second kappa shape index (κ2) is 6.46. The lowest BCUT2D eigenvalue weighted by Gasteiger charge is -2.02. The van der Waals surface area contributed by atoms with Crippen LogP contribution >= 0.6 is 34.7 Å². The van der Waals surface area contributed by atoms with E-state index in [1.165, 1.54) is 16.9 Å². The Morgan fingerprint density at radius 3 is 2.58 bits per heavy atom. The van der Waals surface area contributed by atoms with E-state index in [0.717, 1.165) is 27.0 Å². The zero-order valence-electron chi connectivity index (χ0n) is 10.4. The summed E-state index contributed by atoms with van der Waals surface area (Å²) in [6.07, 6.45) is 0. The first-order chi connectivity index (χ1) is 9.06. The van der Waals surface area contributed by atoms with Crippen molar-refractivity contribution in [1.82, 2.24) is 0 Å². The molecule has 2 rings (SSSR count). The number of hydrogen-bond acceptors (Lipinski definition) is 3. The minimum Gasteiger partial charge on any atom is -0.477 e. The highest BCUT2D eigenvalue weighted by molar-refractivity contribution is 7.97. The van der Waals surface area contributed by atoms with E-state index in [0.29, 0.717) is 4.88 Å². The lowest BCUT2D eigenvalue weighted by Crippen LogP contribution is -1.90. The van der Waals surface area contributed by atoms with Crippen molar-refractivity contribution in [3.05, 3.63) is 56.2 Å². The van der Waals surface area contributed by atoms with Crippen LogP contribution in [0.5, 0.6) is 0 Å². The molecule has 1 aromatic carbocycles. The van der Waals surface area contributed by atoms with E-state index in [1.807, 2.05) is 31.2 Å². The maximum atomic E-state index is 10.9. The number of carboxylic acid groups (broad SMARTS) is 1. The van der Waals surface area contributed by atoms with Crippen molar-refractivity contribution in [3.8, 4) is 0 Å². The Hall–Kier alpha value is -0.970. The van der Waals surface area contributed by atoms with Gasteiger partial charge < -0.3 is 5.11 Å². The first kappa shape index (κ1) is 14.4. The summed E-state index contributed by atoms with van der Waals surface area (Å²) in [5.74, 6) is 0.884. The third-order valence-electron chi connectivity index (χ3n) is 2.67. The smallest absolute Gasteiger partial charge is 0.345 e. The molecular weight excluding hydrogens is 300 g/mol. The van der Waals surface area contributed by atoms with Crippen molar-refractivity contribution in [2.45, 2.75) is 18.4 Å². The molecule has 0 radical (unpaired) electrons. The quantitative estimate of drug-likeness (QED) is 0.858. The monoisotopic (exact) mass is 312 g/mol. The molecule has 0 spiro atoms. The van der Waals surface area contributed by atoms with Gasteiger partial charge in [-0.3, -0.25) is 0 Å². The number of carbonyl (C=O) groups is 1. The van der Waals surface area contributed by atoms with Crippen LogP contribution in [0, 0.1) is 6.92 Å². The molecular formula is C14H13ClO2S2. The Bertz CT molecular complexity index is 576. The number of hydrogen-bond donors (Lipinski definition) is 1. The highest BCUT2D eigenvalue weighted by Crippen LogP contribution is 2.27. The molecule has 2 nitrogen and oxygen atoms in total. The molecule has 0 saturated carbocycles. The summed E-state index contributed by atoms with van der Waals surface area (Å²) >= 11 is 8.95. The van der Waals surface area contributed by atoms with Crippen LogP contribution in [0.3, 0.4) is 0 Å². The Morgan fingerprint density at radius 2 is 2.00 bits per heavy atom. The maximum absolute atomic E-state index is 10.9. The predicted octanol–water partition coefficient (Wildman–Crippen LogP) is 4.84. The van der Waals surface area contributed by atoms with E-state index in [9.17, 15) is 4.79 Å². The Kier molecular flexibility index (Phi) is 4.91. The second-order valence-electron chi connectivity index (χ2n) is 4.12. The lowest BCUT2D eigenvalue weighted by atomic mass is 10.2. The van der Waals surface area contributed by atoms with Gasteiger partial charge in [-0.25, -0.2) is 4.79 Å². The molecule has 0 aliphatic rings. The molecule has 0 amide bonds. The second-order valence-corrected chi connectivity index (χ2v) is 6.79. The summed E-state index contributed by atoms with van der Waals surface area (Å²) in [5, 5.41) is 9.69. The summed E-state index contributed by atoms with van der Waals surface area (Å²) < 4.78 is 0. The van der Waals surface area contributed by atoms with E-state index in [1.54, 1.807) is 17.8 Å². The fourth-order valence-electron chi connectivity index (χ4n) is 1.63. The minimum atomic E-state index is -0.845. The van der Waals surface area contributed by atoms with Gasteiger partial charge in [0, 0.05) is 21.4 Å². The van der Waals surface area contributed by atoms with Crippen LogP contribution in [0.25, 0.3) is 0 Å². The molecule has 1 aromatic heterocycles. The van der Waals surface area contributed by atoms with Crippen LogP contribution in [-0.4, -0.2) is 11.1 Å². The van der Waals surface area contributed by atoms with E-state index in [4.69, 9.17) is 16.7 Å². The van der Waals surface area contributed by atoms with Crippen molar-refractivity contribution in [1.29, 1.82) is 0 Å². The van der Waals surface area contributed by atoms with Crippen LogP contribution < -0.4 is 0 Å². The SMILES string of the molecule is Cc1sc(C(=O)O)cc1CSCc1ccc(Cl)cc1. The Balaban J connectivity index is 1.92. The summed E-state index contributed by atoms with van der Waals surface area (Å²) in [5.41, 5.74) is 2.34. The number of benzene rings is 1. The first-order valence-electron chi connectivity index (χ1n) is 5.71. The van der Waals surface area contributed by atoms with Gasteiger partial charge in [0.05, 0.1) is 0 Å². The van der Waals surface area contributed by atoms with Crippen LogP contribution in [0.1, 0.15) is 25.7 Å². The summed E-state index contributed by atoms with van der Waals surface area (Å²) in [6.45, 7) is 1.97. The molecule has 1 N–H and O–H groups in total. The van der Waals surface area contributed by atoms with Gasteiger partial charge in [0.2, 0.25) is 0 Å². The van der Waals surface area contributed by atoms with Gasteiger partial charge in [0.25, 0.3) is 0 Å². The van der Waals surface area contributed by atoms with Gasteiger partial charge in [0.1, 0.15) is 4.88 Å². The van der Waals surface area contributed by atoms with E-state index in [2.05, 4.69) is 0 Å². The molecule has 0 unspecified atom stereocenters. The van der Waals surface area contributed by atoms with Crippen molar-refractivity contribution >= 4 is 40.7 Å². The number of carboxylic acids is 1. The number of rotatable bonds is 5. The standard InChI is InChI=1S/C14H13ClO2S2/c1-9-11(6-13(19-9)14(16)17)8-18-7-10-2-4-12(15)5-3-10/h2-6H,7-8H2,1H3,(H,16,17).